The van der Waals surface area contributed by atoms with Gasteiger partial charge in [-0.05, 0) is 43.4 Å². The summed E-state index contributed by atoms with van der Waals surface area (Å²) >= 11 is 0. The van der Waals surface area contributed by atoms with Gasteiger partial charge in [-0.3, -0.25) is 4.99 Å². The Balaban J connectivity index is 0.00000361. The van der Waals surface area contributed by atoms with Crippen LogP contribution >= 0.6 is 24.0 Å². The van der Waals surface area contributed by atoms with Gasteiger partial charge < -0.3 is 10.6 Å². The van der Waals surface area contributed by atoms with E-state index < -0.39 is 0 Å². The van der Waals surface area contributed by atoms with Crippen molar-refractivity contribution < 1.29 is 0 Å². The highest BCUT2D eigenvalue weighted by molar-refractivity contribution is 14.0. The summed E-state index contributed by atoms with van der Waals surface area (Å²) in [6.45, 7) is 12.6. The summed E-state index contributed by atoms with van der Waals surface area (Å²) in [4.78, 5) is 4.25. The van der Waals surface area contributed by atoms with Crippen molar-refractivity contribution in [2.75, 3.05) is 13.6 Å². The predicted molar refractivity (Wildman–Crippen MR) is 99.1 cm³/mol. The number of rotatable bonds is 4. The van der Waals surface area contributed by atoms with Crippen LogP contribution in [0.1, 0.15) is 36.1 Å². The van der Waals surface area contributed by atoms with Crippen molar-refractivity contribution >= 4 is 29.9 Å². The molecule has 0 aliphatic rings. The van der Waals surface area contributed by atoms with Gasteiger partial charge in [0.25, 0.3) is 0 Å². The lowest BCUT2D eigenvalue weighted by molar-refractivity contribution is 0.614. The van der Waals surface area contributed by atoms with Crippen molar-refractivity contribution in [2.24, 2.45) is 10.9 Å². The van der Waals surface area contributed by atoms with Crippen LogP contribution in [0.4, 0.5) is 0 Å². The van der Waals surface area contributed by atoms with Crippen molar-refractivity contribution in [2.45, 2.75) is 41.2 Å². The summed E-state index contributed by atoms with van der Waals surface area (Å²) in [7, 11) is 1.81. The summed E-state index contributed by atoms with van der Waals surface area (Å²) in [5.74, 6) is 1.48. The molecule has 0 aliphatic heterocycles. The summed E-state index contributed by atoms with van der Waals surface area (Å²) in [6.07, 6.45) is 0. The van der Waals surface area contributed by atoms with Gasteiger partial charge in [0, 0.05) is 20.1 Å². The van der Waals surface area contributed by atoms with Crippen LogP contribution in [0.3, 0.4) is 0 Å². The molecular weight excluding hydrogens is 361 g/mol. The van der Waals surface area contributed by atoms with Crippen LogP contribution in [-0.4, -0.2) is 19.6 Å². The van der Waals surface area contributed by atoms with E-state index in [2.05, 4.69) is 62.4 Å². The fourth-order valence-electron chi connectivity index (χ4n) is 2.18. The average Bonchev–Trinajstić information content (AvgIpc) is 2.31. The van der Waals surface area contributed by atoms with Crippen LogP contribution in [0.25, 0.3) is 0 Å². The predicted octanol–water partition coefficient (Wildman–Crippen LogP) is 3.55. The molecule has 4 heteroatoms. The van der Waals surface area contributed by atoms with Crippen molar-refractivity contribution in [3.63, 3.8) is 0 Å². The minimum absolute atomic E-state index is 0. The summed E-state index contributed by atoms with van der Waals surface area (Å²) in [5.41, 5.74) is 5.35. The second kappa shape index (κ2) is 9.21. The fraction of sp³-hybridized carbons (Fsp3) is 0.562. The van der Waals surface area contributed by atoms with Crippen LogP contribution in [0.2, 0.25) is 0 Å². The highest BCUT2D eigenvalue weighted by Gasteiger charge is 2.05. The molecule has 3 nitrogen and oxygen atoms in total. The van der Waals surface area contributed by atoms with E-state index in [1.54, 1.807) is 0 Å². The van der Waals surface area contributed by atoms with E-state index in [1.165, 1.54) is 22.3 Å². The maximum atomic E-state index is 4.25. The van der Waals surface area contributed by atoms with E-state index in [1.807, 2.05) is 7.05 Å². The Kier molecular flexibility index (Phi) is 8.85. The number of hydrogen-bond acceptors (Lipinski definition) is 1. The molecule has 0 aliphatic carbocycles. The SMILES string of the molecule is CN=C(NCc1c(C)cc(C)cc1C)NCC(C)C.I. The molecule has 1 aromatic carbocycles. The van der Waals surface area contributed by atoms with E-state index in [4.69, 9.17) is 0 Å². The first kappa shape index (κ1) is 19.2. The van der Waals surface area contributed by atoms with E-state index in [0.29, 0.717) is 5.92 Å². The second-order valence-corrected chi connectivity index (χ2v) is 5.58. The number of nitrogens with zero attached hydrogens (tertiary/aromatic N) is 1. The highest BCUT2D eigenvalue weighted by atomic mass is 127. The largest absolute Gasteiger partial charge is 0.356 e. The third kappa shape index (κ3) is 6.11. The van der Waals surface area contributed by atoms with Gasteiger partial charge in [-0.15, -0.1) is 24.0 Å². The third-order valence-corrected chi connectivity index (χ3v) is 3.17. The number of halogens is 1. The normalized spacial score (nSPS) is 11.2. The number of hydrogen-bond donors (Lipinski definition) is 2. The summed E-state index contributed by atoms with van der Waals surface area (Å²) < 4.78 is 0. The van der Waals surface area contributed by atoms with Gasteiger partial charge in [0.05, 0.1) is 0 Å². The molecule has 114 valence electrons. The maximum Gasteiger partial charge on any atom is 0.191 e. The lowest BCUT2D eigenvalue weighted by Gasteiger charge is -2.16. The Labute approximate surface area is 140 Å². The maximum absolute atomic E-state index is 4.25. The molecule has 0 atom stereocenters. The number of benzene rings is 1. The smallest absolute Gasteiger partial charge is 0.191 e. The van der Waals surface area contributed by atoms with Gasteiger partial charge in [0.1, 0.15) is 0 Å². The van der Waals surface area contributed by atoms with Gasteiger partial charge >= 0.3 is 0 Å². The number of nitrogens with one attached hydrogen (secondary N) is 2. The van der Waals surface area contributed by atoms with Gasteiger partial charge in [-0.25, -0.2) is 0 Å². The van der Waals surface area contributed by atoms with Crippen LogP contribution in [-0.2, 0) is 6.54 Å². The summed E-state index contributed by atoms with van der Waals surface area (Å²) in [5, 5.41) is 6.71. The van der Waals surface area contributed by atoms with Crippen molar-refractivity contribution in [1.82, 2.24) is 10.6 Å². The third-order valence-electron chi connectivity index (χ3n) is 3.17. The molecule has 0 spiro atoms. The van der Waals surface area contributed by atoms with Crippen molar-refractivity contribution in [1.29, 1.82) is 0 Å². The molecule has 20 heavy (non-hydrogen) atoms. The number of aryl methyl sites for hydroxylation is 3. The summed E-state index contributed by atoms with van der Waals surface area (Å²) in [6, 6.07) is 4.46. The standard InChI is InChI=1S/C16H27N3.HI/c1-11(2)9-18-16(17-6)19-10-15-13(4)7-12(3)8-14(15)5;/h7-8,11H,9-10H2,1-6H3,(H2,17,18,19);1H. The van der Waals surface area contributed by atoms with Crippen molar-refractivity contribution in [3.8, 4) is 0 Å². The lowest BCUT2D eigenvalue weighted by atomic mass is 10.00. The zero-order chi connectivity index (χ0) is 14.4. The molecule has 1 rings (SSSR count). The van der Waals surface area contributed by atoms with Crippen LogP contribution in [0.15, 0.2) is 17.1 Å². The van der Waals surface area contributed by atoms with Gasteiger partial charge in [-0.2, -0.15) is 0 Å². The molecular formula is C16H28IN3. The van der Waals surface area contributed by atoms with Gasteiger partial charge in [0.2, 0.25) is 0 Å². The molecule has 0 unspecified atom stereocenters. The molecule has 0 saturated carbocycles. The molecule has 1 aromatic rings. The first-order valence-corrected chi connectivity index (χ1v) is 6.95. The minimum Gasteiger partial charge on any atom is -0.356 e. The Morgan fingerprint density at radius 2 is 1.65 bits per heavy atom. The minimum atomic E-state index is 0. The van der Waals surface area contributed by atoms with Crippen LogP contribution < -0.4 is 10.6 Å². The van der Waals surface area contributed by atoms with Crippen LogP contribution in [0.5, 0.6) is 0 Å². The Morgan fingerprint density at radius 3 is 2.10 bits per heavy atom. The van der Waals surface area contributed by atoms with Crippen LogP contribution in [0, 0.1) is 26.7 Å². The zero-order valence-electron chi connectivity index (χ0n) is 13.5. The molecule has 2 N–H and O–H groups in total. The fourth-order valence-corrected chi connectivity index (χ4v) is 2.18. The van der Waals surface area contributed by atoms with E-state index in [9.17, 15) is 0 Å². The quantitative estimate of drug-likeness (QED) is 0.470. The Hall–Kier alpha value is -0.780. The Morgan fingerprint density at radius 1 is 1.10 bits per heavy atom. The highest BCUT2D eigenvalue weighted by Crippen LogP contribution is 2.15. The second-order valence-electron chi connectivity index (χ2n) is 5.58. The first-order chi connectivity index (χ1) is 8.93. The van der Waals surface area contributed by atoms with Gasteiger partial charge in [0.15, 0.2) is 5.96 Å². The number of aliphatic imine (C=N–C) groups is 1. The first-order valence-electron chi connectivity index (χ1n) is 6.95. The average molecular weight is 389 g/mol. The molecule has 0 fully saturated rings. The van der Waals surface area contributed by atoms with E-state index in [-0.39, 0.29) is 24.0 Å². The zero-order valence-corrected chi connectivity index (χ0v) is 15.8. The molecule has 0 amide bonds. The van der Waals surface area contributed by atoms with E-state index >= 15 is 0 Å². The molecule has 0 saturated heterocycles. The Bertz CT molecular complexity index is 430. The van der Waals surface area contributed by atoms with Gasteiger partial charge in [-0.1, -0.05) is 31.5 Å². The molecule has 0 aromatic heterocycles. The number of guanidine groups is 1. The van der Waals surface area contributed by atoms with Crippen molar-refractivity contribution in [3.05, 3.63) is 34.4 Å². The lowest BCUT2D eigenvalue weighted by Crippen LogP contribution is -2.38. The molecule has 0 bridgehead atoms. The van der Waals surface area contributed by atoms with E-state index in [0.717, 1.165) is 19.0 Å². The molecule has 0 radical (unpaired) electrons. The topological polar surface area (TPSA) is 36.4 Å². The molecule has 0 heterocycles. The monoisotopic (exact) mass is 389 g/mol.